The van der Waals surface area contributed by atoms with E-state index in [0.29, 0.717) is 12.2 Å². The van der Waals surface area contributed by atoms with Gasteiger partial charge in [-0.15, -0.1) is 0 Å². The second-order valence-corrected chi connectivity index (χ2v) is 4.43. The maximum atomic E-state index is 11.9. The fraction of sp³-hybridized carbons (Fsp3) is 0.545. The Hall–Kier alpha value is -1.89. The van der Waals surface area contributed by atoms with E-state index in [1.165, 1.54) is 10.9 Å². The molecule has 1 fully saturated rings. The number of primary amides is 1. The summed E-state index contributed by atoms with van der Waals surface area (Å²) in [4.78, 5) is 22.6. The Kier molecular flexibility index (Phi) is 3.93. The van der Waals surface area contributed by atoms with Gasteiger partial charge in [-0.25, -0.2) is 0 Å². The van der Waals surface area contributed by atoms with E-state index in [9.17, 15) is 9.59 Å². The van der Waals surface area contributed by atoms with Crippen LogP contribution in [-0.4, -0.2) is 34.7 Å². The van der Waals surface area contributed by atoms with Crippen molar-refractivity contribution in [1.82, 2.24) is 15.1 Å². The van der Waals surface area contributed by atoms with Gasteiger partial charge in [-0.05, 0) is 19.4 Å². The second kappa shape index (κ2) is 5.63. The Morgan fingerprint density at radius 2 is 2.44 bits per heavy atom. The van der Waals surface area contributed by atoms with Crippen molar-refractivity contribution in [3.05, 3.63) is 12.4 Å². The molecule has 18 heavy (non-hydrogen) atoms. The molecule has 1 aromatic heterocycles. The minimum atomic E-state index is -0.465. The van der Waals surface area contributed by atoms with Gasteiger partial charge in [0.05, 0.1) is 17.8 Å². The molecule has 2 rings (SSSR count). The Morgan fingerprint density at radius 1 is 1.61 bits per heavy atom. The lowest BCUT2D eigenvalue weighted by Gasteiger charge is -2.21. The zero-order valence-corrected chi connectivity index (χ0v) is 10.1. The normalized spacial score (nSPS) is 19.4. The summed E-state index contributed by atoms with van der Waals surface area (Å²) in [5.74, 6) is -0.480. The summed E-state index contributed by atoms with van der Waals surface area (Å²) in [6.45, 7) is 1.70. The van der Waals surface area contributed by atoms with Crippen LogP contribution in [0.15, 0.2) is 12.4 Å². The maximum absolute atomic E-state index is 11.9. The minimum absolute atomic E-state index is 0.00163. The molecule has 7 nitrogen and oxygen atoms in total. The highest BCUT2D eigenvalue weighted by Crippen LogP contribution is 2.13. The van der Waals surface area contributed by atoms with E-state index in [0.717, 1.165) is 19.4 Å². The van der Waals surface area contributed by atoms with E-state index >= 15 is 0 Å². The van der Waals surface area contributed by atoms with Gasteiger partial charge in [0, 0.05) is 12.7 Å². The number of anilines is 1. The predicted octanol–water partition coefficient (Wildman–Crippen LogP) is -0.694. The van der Waals surface area contributed by atoms with Crippen LogP contribution < -0.4 is 16.4 Å². The molecule has 4 N–H and O–H groups in total. The molecule has 0 unspecified atom stereocenters. The van der Waals surface area contributed by atoms with Crippen molar-refractivity contribution in [2.45, 2.75) is 19.4 Å². The van der Waals surface area contributed by atoms with Gasteiger partial charge in [-0.2, -0.15) is 5.10 Å². The summed E-state index contributed by atoms with van der Waals surface area (Å²) in [6, 6.07) is 0. The molecule has 2 heterocycles. The molecule has 7 heteroatoms. The van der Waals surface area contributed by atoms with Crippen LogP contribution in [0.2, 0.25) is 0 Å². The van der Waals surface area contributed by atoms with Gasteiger partial charge in [0.15, 0.2) is 0 Å². The number of hydrogen-bond donors (Lipinski definition) is 3. The molecule has 1 aliphatic rings. The third-order valence-corrected chi connectivity index (χ3v) is 2.89. The zero-order valence-electron chi connectivity index (χ0n) is 10.1. The van der Waals surface area contributed by atoms with Gasteiger partial charge in [0.25, 0.3) is 0 Å². The Morgan fingerprint density at radius 3 is 3.11 bits per heavy atom. The highest BCUT2D eigenvalue weighted by Gasteiger charge is 2.21. The first-order valence-corrected chi connectivity index (χ1v) is 5.97. The van der Waals surface area contributed by atoms with E-state index in [1.54, 1.807) is 6.20 Å². The number of piperidine rings is 1. The summed E-state index contributed by atoms with van der Waals surface area (Å²) >= 11 is 0. The lowest BCUT2D eigenvalue weighted by Crippen LogP contribution is -2.37. The predicted molar refractivity (Wildman–Crippen MR) is 65.6 cm³/mol. The molecule has 0 saturated carbocycles. The SMILES string of the molecule is NC(=O)Cn1cc(NC(=O)[C@H]2CCCNC2)cn1. The lowest BCUT2D eigenvalue weighted by atomic mass is 9.99. The number of rotatable bonds is 4. The van der Waals surface area contributed by atoms with Crippen LogP contribution >= 0.6 is 0 Å². The molecule has 0 aromatic carbocycles. The summed E-state index contributed by atoms with van der Waals surface area (Å²) in [6.07, 6.45) is 5.02. The number of hydrogen-bond acceptors (Lipinski definition) is 4. The average molecular weight is 251 g/mol. The summed E-state index contributed by atoms with van der Waals surface area (Å²) in [7, 11) is 0. The molecule has 98 valence electrons. The number of carbonyl (C=O) groups excluding carboxylic acids is 2. The van der Waals surface area contributed by atoms with Crippen LogP contribution in [0.4, 0.5) is 5.69 Å². The topological polar surface area (TPSA) is 102 Å². The van der Waals surface area contributed by atoms with Crippen molar-refractivity contribution in [3.8, 4) is 0 Å². The van der Waals surface area contributed by atoms with Crippen molar-refractivity contribution in [2.24, 2.45) is 11.7 Å². The van der Waals surface area contributed by atoms with E-state index in [4.69, 9.17) is 5.73 Å². The Bertz CT molecular complexity index is 436. The largest absolute Gasteiger partial charge is 0.368 e. The number of amides is 2. The highest BCUT2D eigenvalue weighted by atomic mass is 16.2. The van der Waals surface area contributed by atoms with Gasteiger partial charge in [0.1, 0.15) is 6.54 Å². The molecule has 0 aliphatic carbocycles. The highest BCUT2D eigenvalue weighted by molar-refractivity contribution is 5.92. The first-order valence-electron chi connectivity index (χ1n) is 5.97. The number of nitrogens with zero attached hydrogens (tertiary/aromatic N) is 2. The molecule has 1 aliphatic heterocycles. The fourth-order valence-corrected chi connectivity index (χ4v) is 1.99. The van der Waals surface area contributed by atoms with Crippen LogP contribution in [0.5, 0.6) is 0 Å². The van der Waals surface area contributed by atoms with Crippen molar-refractivity contribution in [1.29, 1.82) is 0 Å². The van der Waals surface area contributed by atoms with Crippen LogP contribution in [-0.2, 0) is 16.1 Å². The second-order valence-electron chi connectivity index (χ2n) is 4.43. The van der Waals surface area contributed by atoms with Crippen LogP contribution in [0.3, 0.4) is 0 Å². The fourth-order valence-electron chi connectivity index (χ4n) is 1.99. The monoisotopic (exact) mass is 251 g/mol. The Balaban J connectivity index is 1.90. The van der Waals surface area contributed by atoms with Crippen LogP contribution in [0.25, 0.3) is 0 Å². The van der Waals surface area contributed by atoms with Gasteiger partial charge >= 0.3 is 0 Å². The van der Waals surface area contributed by atoms with Gasteiger partial charge in [-0.1, -0.05) is 0 Å². The third-order valence-electron chi connectivity index (χ3n) is 2.89. The van der Waals surface area contributed by atoms with Crippen molar-refractivity contribution in [3.63, 3.8) is 0 Å². The molecule has 0 radical (unpaired) electrons. The third kappa shape index (κ3) is 3.30. The van der Waals surface area contributed by atoms with Crippen LogP contribution in [0, 0.1) is 5.92 Å². The first-order chi connectivity index (χ1) is 8.65. The quantitative estimate of drug-likeness (QED) is 0.659. The smallest absolute Gasteiger partial charge is 0.239 e. The molecular weight excluding hydrogens is 234 g/mol. The Labute approximate surface area is 105 Å². The number of carbonyl (C=O) groups is 2. The molecule has 0 spiro atoms. The average Bonchev–Trinajstić information content (AvgIpc) is 2.76. The van der Waals surface area contributed by atoms with Crippen molar-refractivity contribution in [2.75, 3.05) is 18.4 Å². The zero-order chi connectivity index (χ0) is 13.0. The van der Waals surface area contributed by atoms with E-state index in [1.807, 2.05) is 0 Å². The molecule has 1 aromatic rings. The molecule has 1 atom stereocenters. The van der Waals surface area contributed by atoms with Crippen LogP contribution in [0.1, 0.15) is 12.8 Å². The summed E-state index contributed by atoms with van der Waals surface area (Å²) in [5.41, 5.74) is 5.65. The maximum Gasteiger partial charge on any atom is 0.239 e. The van der Waals surface area contributed by atoms with Gasteiger partial charge in [0.2, 0.25) is 11.8 Å². The molecule has 2 amide bonds. The van der Waals surface area contributed by atoms with Crippen molar-refractivity contribution >= 4 is 17.5 Å². The van der Waals surface area contributed by atoms with Gasteiger partial charge in [-0.3, -0.25) is 14.3 Å². The number of nitrogens with one attached hydrogen (secondary N) is 2. The molecule has 0 bridgehead atoms. The summed E-state index contributed by atoms with van der Waals surface area (Å²) in [5, 5.41) is 9.92. The van der Waals surface area contributed by atoms with E-state index < -0.39 is 5.91 Å². The number of nitrogens with two attached hydrogens (primary N) is 1. The minimum Gasteiger partial charge on any atom is -0.368 e. The summed E-state index contributed by atoms with van der Waals surface area (Å²) < 4.78 is 1.40. The van der Waals surface area contributed by atoms with Gasteiger partial charge < -0.3 is 16.4 Å². The van der Waals surface area contributed by atoms with E-state index in [2.05, 4.69) is 15.7 Å². The number of aromatic nitrogens is 2. The van der Waals surface area contributed by atoms with E-state index in [-0.39, 0.29) is 18.4 Å². The van der Waals surface area contributed by atoms with Crippen molar-refractivity contribution < 1.29 is 9.59 Å². The standard InChI is InChI=1S/C11H17N5O2/c12-10(17)7-16-6-9(5-14-16)15-11(18)8-2-1-3-13-4-8/h5-6,8,13H,1-4,7H2,(H2,12,17)(H,15,18)/t8-/m0/s1. The molecular formula is C11H17N5O2. The molecule has 1 saturated heterocycles. The first kappa shape index (κ1) is 12.6. The lowest BCUT2D eigenvalue weighted by molar-refractivity contribution is -0.120.